The van der Waals surface area contributed by atoms with Gasteiger partial charge in [0, 0.05) is 12.6 Å². The zero-order valence-electron chi connectivity index (χ0n) is 5.17. The molecule has 0 spiro atoms. The molecule has 0 aromatic carbocycles. The Morgan fingerprint density at radius 1 is 1.75 bits per heavy atom. The molecule has 2 heteroatoms. The van der Waals surface area contributed by atoms with E-state index in [2.05, 4.69) is 12.2 Å². The van der Waals surface area contributed by atoms with Crippen LogP contribution in [-0.2, 0) is 0 Å². The Morgan fingerprint density at radius 2 is 2.50 bits per heavy atom. The molecular formula is C6H12NO. The molecule has 47 valence electrons. The van der Waals surface area contributed by atoms with Gasteiger partial charge in [0.1, 0.15) is 0 Å². The van der Waals surface area contributed by atoms with Crippen LogP contribution in [0.15, 0.2) is 0 Å². The van der Waals surface area contributed by atoms with Crippen molar-refractivity contribution in [1.82, 2.24) is 5.32 Å². The summed E-state index contributed by atoms with van der Waals surface area (Å²) < 4.78 is 0. The Bertz CT molecular complexity index is 74.9. The molecule has 1 aliphatic rings. The number of hydrogen-bond donors (Lipinski definition) is 1. The van der Waals surface area contributed by atoms with Crippen LogP contribution in [0.4, 0.5) is 0 Å². The van der Waals surface area contributed by atoms with E-state index >= 15 is 0 Å². The monoisotopic (exact) mass is 114 g/mol. The minimum absolute atomic E-state index is 0.139. The van der Waals surface area contributed by atoms with Gasteiger partial charge in [0.25, 0.3) is 0 Å². The molecule has 1 N–H and O–H groups in total. The fourth-order valence-electron chi connectivity index (χ4n) is 1.03. The van der Waals surface area contributed by atoms with Crippen LogP contribution in [0.25, 0.3) is 0 Å². The maximum absolute atomic E-state index is 8.94. The van der Waals surface area contributed by atoms with Gasteiger partial charge in [-0.3, -0.25) is 0 Å². The lowest BCUT2D eigenvalue weighted by molar-refractivity contribution is 0.193. The van der Waals surface area contributed by atoms with E-state index in [-0.39, 0.29) is 6.10 Å². The van der Waals surface area contributed by atoms with Crippen LogP contribution in [0.2, 0.25) is 0 Å². The first kappa shape index (κ1) is 6.05. The number of aliphatic hydroxyl groups excluding tert-OH is 1. The lowest BCUT2D eigenvalue weighted by Crippen LogP contribution is -2.11. The third-order valence-corrected chi connectivity index (χ3v) is 1.59. The third kappa shape index (κ3) is 1.20. The van der Waals surface area contributed by atoms with Gasteiger partial charge in [-0.1, -0.05) is 6.92 Å². The van der Waals surface area contributed by atoms with Crippen molar-refractivity contribution in [2.75, 3.05) is 6.54 Å². The van der Waals surface area contributed by atoms with E-state index in [1.54, 1.807) is 0 Å². The molecule has 1 rings (SSSR count). The largest absolute Gasteiger partial charge is 0.392 e. The standard InChI is InChI=1S/C6H12NO/c1-2-5-3-6(8)4-7-5/h5-6,8H,2-4H2,1H3. The van der Waals surface area contributed by atoms with Gasteiger partial charge in [-0.15, -0.1) is 0 Å². The van der Waals surface area contributed by atoms with Crippen molar-refractivity contribution in [1.29, 1.82) is 0 Å². The topological polar surface area (TPSA) is 34.3 Å². The van der Waals surface area contributed by atoms with E-state index < -0.39 is 0 Å². The molecule has 0 aromatic rings. The maximum atomic E-state index is 8.94. The average Bonchev–Trinajstić information content (AvgIpc) is 2.14. The Hall–Kier alpha value is -0.0800. The Morgan fingerprint density at radius 3 is 2.75 bits per heavy atom. The van der Waals surface area contributed by atoms with Gasteiger partial charge < -0.3 is 5.11 Å². The van der Waals surface area contributed by atoms with Crippen LogP contribution in [0, 0.1) is 0 Å². The molecule has 0 aromatic heterocycles. The predicted octanol–water partition coefficient (Wildman–Crippen LogP) is 0.134. The predicted molar refractivity (Wildman–Crippen MR) is 31.7 cm³/mol. The Labute approximate surface area is 49.9 Å². The van der Waals surface area contributed by atoms with Crippen molar-refractivity contribution in [2.45, 2.75) is 31.9 Å². The first-order chi connectivity index (χ1) is 3.83. The Kier molecular flexibility index (Phi) is 1.86. The van der Waals surface area contributed by atoms with E-state index in [1.807, 2.05) is 0 Å². The van der Waals surface area contributed by atoms with E-state index in [0.717, 1.165) is 12.8 Å². The first-order valence-corrected chi connectivity index (χ1v) is 3.17. The van der Waals surface area contributed by atoms with E-state index in [9.17, 15) is 0 Å². The Balaban J connectivity index is 2.22. The van der Waals surface area contributed by atoms with Gasteiger partial charge >= 0.3 is 0 Å². The average molecular weight is 114 g/mol. The van der Waals surface area contributed by atoms with Gasteiger partial charge in [0.05, 0.1) is 6.10 Å². The second-order valence-corrected chi connectivity index (χ2v) is 2.32. The molecular weight excluding hydrogens is 102 g/mol. The van der Waals surface area contributed by atoms with Gasteiger partial charge in [-0.2, -0.15) is 0 Å². The second-order valence-electron chi connectivity index (χ2n) is 2.32. The maximum Gasteiger partial charge on any atom is 0.0696 e. The van der Waals surface area contributed by atoms with Crippen molar-refractivity contribution in [3.63, 3.8) is 0 Å². The van der Waals surface area contributed by atoms with Crippen molar-refractivity contribution in [2.24, 2.45) is 0 Å². The quantitative estimate of drug-likeness (QED) is 0.516. The van der Waals surface area contributed by atoms with E-state index in [1.165, 1.54) is 0 Å². The molecule has 8 heavy (non-hydrogen) atoms. The van der Waals surface area contributed by atoms with Crippen molar-refractivity contribution >= 4 is 0 Å². The molecule has 1 radical (unpaired) electrons. The van der Waals surface area contributed by atoms with Crippen LogP contribution < -0.4 is 5.32 Å². The molecule has 0 aliphatic carbocycles. The minimum atomic E-state index is -0.139. The molecule has 1 aliphatic heterocycles. The highest BCUT2D eigenvalue weighted by atomic mass is 16.3. The summed E-state index contributed by atoms with van der Waals surface area (Å²) in [5.74, 6) is 0. The summed E-state index contributed by atoms with van der Waals surface area (Å²) in [6.07, 6.45) is 1.83. The van der Waals surface area contributed by atoms with Gasteiger partial charge in [0.2, 0.25) is 0 Å². The highest BCUT2D eigenvalue weighted by Crippen LogP contribution is 2.09. The number of rotatable bonds is 1. The second kappa shape index (κ2) is 2.46. The normalized spacial score (nSPS) is 38.2. The zero-order chi connectivity index (χ0) is 5.98. The highest BCUT2D eigenvalue weighted by molar-refractivity contribution is 4.78. The van der Waals surface area contributed by atoms with Crippen molar-refractivity contribution in [3.8, 4) is 0 Å². The SMILES string of the molecule is CCC1CC(O)C[N]1. The van der Waals surface area contributed by atoms with Crippen LogP contribution in [0.5, 0.6) is 0 Å². The summed E-state index contributed by atoms with van der Waals surface area (Å²) in [5.41, 5.74) is 0. The molecule has 2 atom stereocenters. The van der Waals surface area contributed by atoms with Crippen LogP contribution in [0.3, 0.4) is 0 Å². The van der Waals surface area contributed by atoms with Gasteiger partial charge in [0.15, 0.2) is 0 Å². The summed E-state index contributed by atoms with van der Waals surface area (Å²) in [4.78, 5) is 0. The third-order valence-electron chi connectivity index (χ3n) is 1.59. The molecule has 1 saturated heterocycles. The molecule has 1 fully saturated rings. The van der Waals surface area contributed by atoms with Crippen LogP contribution in [-0.4, -0.2) is 23.8 Å². The summed E-state index contributed by atoms with van der Waals surface area (Å²) in [6.45, 7) is 2.77. The summed E-state index contributed by atoms with van der Waals surface area (Å²) in [6, 6.07) is 0.449. The zero-order valence-corrected chi connectivity index (χ0v) is 5.17. The summed E-state index contributed by atoms with van der Waals surface area (Å²) >= 11 is 0. The lowest BCUT2D eigenvalue weighted by Gasteiger charge is -2.00. The molecule has 0 saturated carbocycles. The first-order valence-electron chi connectivity index (χ1n) is 3.17. The van der Waals surface area contributed by atoms with Gasteiger partial charge in [-0.05, 0) is 12.8 Å². The molecule has 1 heterocycles. The van der Waals surface area contributed by atoms with Crippen LogP contribution in [0.1, 0.15) is 19.8 Å². The van der Waals surface area contributed by atoms with E-state index in [0.29, 0.717) is 12.6 Å². The summed E-state index contributed by atoms with van der Waals surface area (Å²) in [7, 11) is 0. The minimum Gasteiger partial charge on any atom is -0.392 e. The molecule has 0 bridgehead atoms. The summed E-state index contributed by atoms with van der Waals surface area (Å²) in [5, 5.41) is 13.1. The van der Waals surface area contributed by atoms with Gasteiger partial charge in [-0.25, -0.2) is 5.32 Å². The number of aliphatic hydroxyl groups is 1. The van der Waals surface area contributed by atoms with E-state index in [4.69, 9.17) is 5.11 Å². The number of hydrogen-bond acceptors (Lipinski definition) is 1. The highest BCUT2D eigenvalue weighted by Gasteiger charge is 2.20. The molecule has 2 unspecified atom stereocenters. The van der Waals surface area contributed by atoms with Crippen LogP contribution >= 0.6 is 0 Å². The van der Waals surface area contributed by atoms with Crippen molar-refractivity contribution in [3.05, 3.63) is 0 Å². The molecule has 0 amide bonds. The number of nitrogens with zero attached hydrogens (tertiary/aromatic N) is 1. The lowest BCUT2D eigenvalue weighted by atomic mass is 10.2. The smallest absolute Gasteiger partial charge is 0.0696 e. The van der Waals surface area contributed by atoms with Crippen molar-refractivity contribution < 1.29 is 5.11 Å². The molecule has 2 nitrogen and oxygen atoms in total. The fourth-order valence-corrected chi connectivity index (χ4v) is 1.03. The fraction of sp³-hybridized carbons (Fsp3) is 1.00.